The molecule has 2 saturated heterocycles. The Labute approximate surface area is 225 Å². The average Bonchev–Trinajstić information content (AvgIpc) is 3.23. The predicted molar refractivity (Wildman–Crippen MR) is 138 cm³/mol. The van der Waals surface area contributed by atoms with Crippen LogP contribution in [0.15, 0.2) is 52.2 Å². The van der Waals surface area contributed by atoms with Gasteiger partial charge in [-0.3, -0.25) is 23.7 Å². The molecule has 14 heteroatoms. The van der Waals surface area contributed by atoms with Crippen LogP contribution in [0.2, 0.25) is 0 Å². The number of H-pyrrole nitrogens is 1. The zero-order valence-corrected chi connectivity index (χ0v) is 23.5. The van der Waals surface area contributed by atoms with Crippen LogP contribution >= 0.6 is 7.75 Å². The van der Waals surface area contributed by atoms with Gasteiger partial charge in [-0.2, -0.15) is 5.09 Å². The molecule has 0 spiro atoms. The Bertz CT molecular complexity index is 1340. The van der Waals surface area contributed by atoms with Gasteiger partial charge in [0, 0.05) is 12.3 Å². The van der Waals surface area contributed by atoms with Crippen LogP contribution < -0.4 is 20.9 Å². The summed E-state index contributed by atoms with van der Waals surface area (Å²) in [5.41, 5.74) is -2.40. The lowest BCUT2D eigenvalue weighted by molar-refractivity contribution is -0.214. The van der Waals surface area contributed by atoms with Gasteiger partial charge in [-0.05, 0) is 53.7 Å². The first-order chi connectivity index (χ1) is 18.2. The van der Waals surface area contributed by atoms with E-state index in [1.807, 2.05) is 0 Å². The zero-order valence-electron chi connectivity index (χ0n) is 22.6. The van der Waals surface area contributed by atoms with E-state index in [1.54, 1.807) is 65.0 Å². The van der Waals surface area contributed by atoms with Crippen molar-refractivity contribution in [2.24, 2.45) is 0 Å². The minimum absolute atomic E-state index is 0.244. The molecule has 1 aromatic carbocycles. The van der Waals surface area contributed by atoms with Crippen molar-refractivity contribution >= 4 is 13.7 Å². The van der Waals surface area contributed by atoms with Gasteiger partial charge in [0.15, 0.2) is 12.0 Å². The predicted octanol–water partition coefficient (Wildman–Crippen LogP) is 2.48. The SMILES string of the molecule is CC(C)OC(=O)[C@H](C)NP(=O)(OC[C@H]1O[C@@H](n2ccc(=O)[nH]c2=O)[C@@H]2OC(C)(C)O[C@@]12C)Oc1ccccc1. The van der Waals surface area contributed by atoms with E-state index >= 15 is 0 Å². The van der Waals surface area contributed by atoms with Crippen LogP contribution in [-0.2, 0) is 32.8 Å². The summed E-state index contributed by atoms with van der Waals surface area (Å²) in [6.07, 6.45) is -1.75. The van der Waals surface area contributed by atoms with Gasteiger partial charge in [-0.15, -0.1) is 0 Å². The number of hydrogen-bond acceptors (Lipinski definition) is 10. The minimum Gasteiger partial charge on any atom is -0.462 e. The van der Waals surface area contributed by atoms with Crippen molar-refractivity contribution in [2.75, 3.05) is 6.61 Å². The Morgan fingerprint density at radius 1 is 1.15 bits per heavy atom. The van der Waals surface area contributed by atoms with Gasteiger partial charge in [-0.1, -0.05) is 18.2 Å². The fourth-order valence-corrected chi connectivity index (χ4v) is 6.03. The molecule has 2 N–H and O–H groups in total. The summed E-state index contributed by atoms with van der Waals surface area (Å²) in [7, 11) is -4.20. The second-order valence-corrected chi connectivity index (χ2v) is 12.0. The van der Waals surface area contributed by atoms with Crippen LogP contribution in [-0.4, -0.2) is 57.9 Å². The molecule has 4 rings (SSSR count). The Morgan fingerprint density at radius 2 is 1.85 bits per heavy atom. The highest BCUT2D eigenvalue weighted by molar-refractivity contribution is 7.52. The Morgan fingerprint density at radius 3 is 2.49 bits per heavy atom. The lowest BCUT2D eigenvalue weighted by atomic mass is 9.95. The highest BCUT2D eigenvalue weighted by Gasteiger charge is 2.64. The van der Waals surface area contributed by atoms with Crippen molar-refractivity contribution in [3.8, 4) is 5.75 Å². The maximum atomic E-state index is 13.9. The fourth-order valence-electron chi connectivity index (χ4n) is 4.54. The molecule has 3 heterocycles. The van der Waals surface area contributed by atoms with Crippen molar-refractivity contribution in [1.29, 1.82) is 0 Å². The molecule has 6 atom stereocenters. The molecule has 1 unspecified atom stereocenters. The molecule has 13 nitrogen and oxygen atoms in total. The lowest BCUT2D eigenvalue weighted by Crippen LogP contribution is -2.46. The Hall–Kier alpha value is -2.80. The smallest absolute Gasteiger partial charge is 0.459 e. The van der Waals surface area contributed by atoms with Gasteiger partial charge in [0.2, 0.25) is 0 Å². The van der Waals surface area contributed by atoms with Crippen LogP contribution in [0.4, 0.5) is 0 Å². The molecule has 2 fully saturated rings. The number of hydrogen-bond donors (Lipinski definition) is 2. The lowest BCUT2D eigenvalue weighted by Gasteiger charge is -2.30. The molecule has 0 bridgehead atoms. The quantitative estimate of drug-likeness (QED) is 0.321. The molecular formula is C25H34N3O10P. The van der Waals surface area contributed by atoms with E-state index in [4.69, 9.17) is 28.0 Å². The number of para-hydroxylation sites is 1. The summed E-state index contributed by atoms with van der Waals surface area (Å²) in [6.45, 7) is 9.71. The van der Waals surface area contributed by atoms with Crippen LogP contribution in [0.3, 0.4) is 0 Å². The van der Waals surface area contributed by atoms with E-state index in [2.05, 4.69) is 10.1 Å². The number of nitrogens with zero attached hydrogens (tertiary/aromatic N) is 1. The van der Waals surface area contributed by atoms with E-state index in [0.29, 0.717) is 0 Å². The van der Waals surface area contributed by atoms with Crippen LogP contribution in [0.1, 0.15) is 47.8 Å². The number of carbonyl (C=O) groups is 1. The van der Waals surface area contributed by atoms with E-state index in [-0.39, 0.29) is 18.5 Å². The molecule has 0 radical (unpaired) electrons. The minimum atomic E-state index is -4.20. The normalized spacial score (nSPS) is 28.0. The molecule has 214 valence electrons. The Balaban J connectivity index is 1.60. The molecular weight excluding hydrogens is 533 g/mol. The van der Waals surface area contributed by atoms with Crippen molar-refractivity contribution in [1.82, 2.24) is 14.6 Å². The molecule has 2 aliphatic heterocycles. The standard InChI is InChI=1S/C25H34N3O10P/c1-15(2)34-22(30)16(3)27-39(32,37-17-10-8-7-9-11-17)33-14-18-25(6)20(36-24(4,5)38-25)21(35-18)28-13-12-19(29)26-23(28)31/h7-13,15-16,18,20-21H,14H2,1-6H3,(H,27,32)(H,26,29,31)/t16-,18+,20-,21+,25-,39?/m0/s1. The first-order valence-corrected chi connectivity index (χ1v) is 14.1. The number of aromatic amines is 1. The van der Waals surface area contributed by atoms with Crippen molar-refractivity contribution in [2.45, 2.75) is 83.5 Å². The van der Waals surface area contributed by atoms with E-state index in [1.165, 1.54) is 23.8 Å². The van der Waals surface area contributed by atoms with Gasteiger partial charge in [0.25, 0.3) is 5.56 Å². The van der Waals surface area contributed by atoms with Crippen molar-refractivity contribution in [3.05, 3.63) is 63.4 Å². The molecule has 2 aromatic rings. The summed E-state index contributed by atoms with van der Waals surface area (Å²) < 4.78 is 50.3. The summed E-state index contributed by atoms with van der Waals surface area (Å²) in [4.78, 5) is 38.8. The number of rotatable bonds is 10. The molecule has 2 aliphatic rings. The van der Waals surface area contributed by atoms with Gasteiger partial charge in [0.05, 0.1) is 12.7 Å². The van der Waals surface area contributed by atoms with Crippen LogP contribution in [0.25, 0.3) is 0 Å². The van der Waals surface area contributed by atoms with Gasteiger partial charge in [0.1, 0.15) is 29.6 Å². The molecule has 0 aliphatic carbocycles. The van der Waals surface area contributed by atoms with Gasteiger partial charge in [-0.25, -0.2) is 9.36 Å². The third kappa shape index (κ3) is 6.51. The third-order valence-corrected chi connectivity index (χ3v) is 7.83. The highest BCUT2D eigenvalue weighted by atomic mass is 31.2. The largest absolute Gasteiger partial charge is 0.462 e. The fraction of sp³-hybridized carbons (Fsp3) is 0.560. The second kappa shape index (κ2) is 11.0. The zero-order chi connectivity index (χ0) is 28.6. The highest BCUT2D eigenvalue weighted by Crippen LogP contribution is 2.52. The maximum absolute atomic E-state index is 13.9. The number of nitrogens with one attached hydrogen (secondary N) is 2. The number of esters is 1. The van der Waals surface area contributed by atoms with E-state index < -0.39 is 60.8 Å². The van der Waals surface area contributed by atoms with E-state index in [0.717, 1.165) is 0 Å². The summed E-state index contributed by atoms with van der Waals surface area (Å²) in [5, 5.41) is 2.63. The van der Waals surface area contributed by atoms with Crippen LogP contribution in [0.5, 0.6) is 5.75 Å². The summed E-state index contributed by atoms with van der Waals surface area (Å²) in [6, 6.07) is 8.49. The number of benzene rings is 1. The molecule has 39 heavy (non-hydrogen) atoms. The van der Waals surface area contributed by atoms with Crippen molar-refractivity contribution < 1.29 is 37.4 Å². The molecule has 1 aromatic heterocycles. The van der Waals surface area contributed by atoms with Gasteiger partial charge < -0.3 is 23.5 Å². The van der Waals surface area contributed by atoms with Gasteiger partial charge >= 0.3 is 19.4 Å². The number of aromatic nitrogens is 2. The number of carbonyl (C=O) groups excluding carboxylic acids is 1. The van der Waals surface area contributed by atoms with E-state index in [9.17, 15) is 18.9 Å². The Kier molecular flexibility index (Phi) is 8.23. The second-order valence-electron chi connectivity index (χ2n) is 10.3. The number of ether oxygens (including phenoxy) is 4. The number of fused-ring (bicyclic) bond motifs is 1. The topological polar surface area (TPSA) is 156 Å². The third-order valence-electron chi connectivity index (χ3n) is 6.19. The monoisotopic (exact) mass is 567 g/mol. The van der Waals surface area contributed by atoms with Crippen molar-refractivity contribution in [3.63, 3.8) is 0 Å². The first kappa shape index (κ1) is 29.2. The summed E-state index contributed by atoms with van der Waals surface area (Å²) in [5.74, 6) is -1.43. The first-order valence-electron chi connectivity index (χ1n) is 12.5. The summed E-state index contributed by atoms with van der Waals surface area (Å²) >= 11 is 0. The average molecular weight is 568 g/mol. The molecule has 0 saturated carbocycles. The molecule has 0 amide bonds. The maximum Gasteiger partial charge on any atom is 0.459 e. The van der Waals surface area contributed by atoms with Crippen LogP contribution in [0, 0.1) is 0 Å².